The molecule has 1 saturated heterocycles. The summed E-state index contributed by atoms with van der Waals surface area (Å²) in [5, 5.41) is 12.2. The molecular weight excluding hydrogens is 620 g/mol. The van der Waals surface area contributed by atoms with Gasteiger partial charge in [-0.2, -0.15) is 4.98 Å². The second kappa shape index (κ2) is 11.6. The van der Waals surface area contributed by atoms with Gasteiger partial charge in [0.25, 0.3) is 5.92 Å². The number of alkyl halides is 2. The van der Waals surface area contributed by atoms with E-state index in [4.69, 9.17) is 14.7 Å². The van der Waals surface area contributed by atoms with Crippen LogP contribution in [0.5, 0.6) is 0 Å². The number of amides is 1. The lowest BCUT2D eigenvalue weighted by molar-refractivity contribution is -0.119. The second-order valence-corrected chi connectivity index (χ2v) is 14.9. The van der Waals surface area contributed by atoms with E-state index >= 15 is 0 Å². The molecule has 0 aliphatic carbocycles. The molecule has 1 fully saturated rings. The molecule has 2 aliphatic heterocycles. The number of piperidine rings is 1. The fraction of sp³-hybridized carbons (Fsp3) is 0.452. The summed E-state index contributed by atoms with van der Waals surface area (Å²) in [6.45, 7) is 8.20. The Balaban J connectivity index is 1.32. The number of hydrogen-bond acceptors (Lipinski definition) is 11. The lowest BCUT2D eigenvalue weighted by atomic mass is 9.95. The van der Waals surface area contributed by atoms with Crippen LogP contribution in [-0.2, 0) is 26.6 Å². The lowest BCUT2D eigenvalue weighted by Gasteiger charge is -2.35. The molecule has 4 heterocycles. The number of halogens is 2. The molecule has 46 heavy (non-hydrogen) atoms. The van der Waals surface area contributed by atoms with E-state index in [1.807, 2.05) is 27.7 Å². The summed E-state index contributed by atoms with van der Waals surface area (Å²) >= 11 is 0. The van der Waals surface area contributed by atoms with E-state index < -0.39 is 45.8 Å². The molecule has 6 rings (SSSR count). The van der Waals surface area contributed by atoms with Crippen LogP contribution in [0.3, 0.4) is 0 Å². The summed E-state index contributed by atoms with van der Waals surface area (Å²) < 4.78 is 66.7. The highest BCUT2D eigenvalue weighted by molar-refractivity contribution is 7.91. The predicted octanol–water partition coefficient (Wildman–Crippen LogP) is 4.18. The zero-order chi connectivity index (χ0) is 33.0. The highest BCUT2D eigenvalue weighted by Gasteiger charge is 2.42. The summed E-state index contributed by atoms with van der Waals surface area (Å²) in [5.41, 5.74) is 7.61. The van der Waals surface area contributed by atoms with Gasteiger partial charge in [0.15, 0.2) is 9.84 Å². The number of benzene rings is 2. The summed E-state index contributed by atoms with van der Waals surface area (Å²) in [7, 11) is -3.94. The topological polar surface area (TPSA) is 162 Å². The minimum atomic E-state index is -3.94. The molecule has 0 spiro atoms. The Morgan fingerprint density at radius 3 is 2.48 bits per heavy atom. The van der Waals surface area contributed by atoms with Crippen molar-refractivity contribution in [2.24, 2.45) is 5.73 Å². The van der Waals surface area contributed by atoms with Crippen LogP contribution in [0.2, 0.25) is 0 Å². The fourth-order valence-corrected chi connectivity index (χ4v) is 7.26. The van der Waals surface area contributed by atoms with Crippen LogP contribution in [0.1, 0.15) is 57.4 Å². The molecule has 1 amide bonds. The first-order chi connectivity index (χ1) is 21.6. The van der Waals surface area contributed by atoms with Gasteiger partial charge in [0.2, 0.25) is 29.4 Å². The van der Waals surface area contributed by atoms with Gasteiger partial charge in [0, 0.05) is 29.5 Å². The number of likely N-dealkylation sites (N-methyl/N-ethyl adjacent to an activating group) is 1. The number of anilines is 1. The number of rotatable bonds is 6. The number of aromatic nitrogens is 4. The number of sulfone groups is 1. The van der Waals surface area contributed by atoms with Crippen molar-refractivity contribution in [2.75, 3.05) is 30.3 Å². The Morgan fingerprint density at radius 1 is 1.09 bits per heavy atom. The standard InChI is InChI=1S/C31H35F2N7O5S/c1-5-39-15-21(13-31(32,33)17-39)27-37-36-26(44-27)20-10-11-24-23(12-20)40(28(41)22(34)16-46(24,42)43)14-18-6-8-19(9-7-18)25-35-29(45-38-25)30(2,3)4/h6-12,21-22H,5,13-17,34H2,1-4H3/t21?,22-/m0/s1. The molecule has 1 unspecified atom stereocenters. The third kappa shape index (κ3) is 6.31. The van der Waals surface area contributed by atoms with Gasteiger partial charge in [-0.25, -0.2) is 17.2 Å². The Bertz CT molecular complexity index is 1870. The molecule has 12 nitrogen and oxygen atoms in total. The molecule has 0 radical (unpaired) electrons. The highest BCUT2D eigenvalue weighted by atomic mass is 32.2. The number of carbonyl (C=O) groups excluding carboxylic acids is 1. The smallest absolute Gasteiger partial charge is 0.261 e. The minimum absolute atomic E-state index is 0.0113. The highest BCUT2D eigenvalue weighted by Crippen LogP contribution is 2.38. The van der Waals surface area contributed by atoms with E-state index in [9.17, 15) is 22.0 Å². The maximum absolute atomic E-state index is 14.4. The van der Waals surface area contributed by atoms with Crippen molar-refractivity contribution in [1.82, 2.24) is 25.2 Å². The van der Waals surface area contributed by atoms with Crippen LogP contribution >= 0.6 is 0 Å². The van der Waals surface area contributed by atoms with E-state index in [2.05, 4.69) is 20.3 Å². The van der Waals surface area contributed by atoms with Gasteiger partial charge in [-0.15, -0.1) is 10.2 Å². The molecular formula is C31H35F2N7O5S. The van der Waals surface area contributed by atoms with Crippen molar-refractivity contribution in [3.05, 3.63) is 59.8 Å². The molecule has 2 aromatic heterocycles. The van der Waals surface area contributed by atoms with Gasteiger partial charge in [0.1, 0.15) is 0 Å². The van der Waals surface area contributed by atoms with Crippen LogP contribution < -0.4 is 10.6 Å². The van der Waals surface area contributed by atoms with E-state index in [1.165, 1.54) is 23.1 Å². The van der Waals surface area contributed by atoms with Crippen LogP contribution in [0.15, 0.2) is 56.3 Å². The van der Waals surface area contributed by atoms with Crippen LogP contribution in [0.4, 0.5) is 14.5 Å². The molecule has 2 aromatic carbocycles. The largest absolute Gasteiger partial charge is 0.420 e. The van der Waals surface area contributed by atoms with Crippen molar-refractivity contribution in [1.29, 1.82) is 0 Å². The number of nitrogens with zero attached hydrogens (tertiary/aromatic N) is 6. The van der Waals surface area contributed by atoms with E-state index in [-0.39, 0.29) is 40.9 Å². The molecule has 0 bridgehead atoms. The average Bonchev–Trinajstić information content (AvgIpc) is 3.68. The summed E-state index contributed by atoms with van der Waals surface area (Å²) in [6.07, 6.45) is -0.420. The number of fused-ring (bicyclic) bond motifs is 1. The maximum Gasteiger partial charge on any atom is 0.261 e. The van der Waals surface area contributed by atoms with Gasteiger partial charge < -0.3 is 19.6 Å². The van der Waals surface area contributed by atoms with E-state index in [0.29, 0.717) is 41.5 Å². The second-order valence-electron chi connectivity index (χ2n) is 12.9. The van der Waals surface area contributed by atoms with Crippen LogP contribution in [-0.4, -0.2) is 76.9 Å². The van der Waals surface area contributed by atoms with E-state index in [1.54, 1.807) is 29.2 Å². The fourth-order valence-electron chi connectivity index (χ4n) is 5.71. The Kier molecular flexibility index (Phi) is 8.05. The van der Waals surface area contributed by atoms with Gasteiger partial charge >= 0.3 is 0 Å². The quantitative estimate of drug-likeness (QED) is 0.317. The molecule has 2 aliphatic rings. The van der Waals surface area contributed by atoms with Gasteiger partial charge in [-0.3, -0.25) is 9.69 Å². The molecule has 0 saturated carbocycles. The van der Waals surface area contributed by atoms with Crippen LogP contribution in [0, 0.1) is 0 Å². The molecule has 15 heteroatoms. The van der Waals surface area contributed by atoms with Crippen molar-refractivity contribution in [2.45, 2.75) is 68.9 Å². The summed E-state index contributed by atoms with van der Waals surface area (Å²) in [4.78, 5) is 20.9. The van der Waals surface area contributed by atoms with Gasteiger partial charge in [-0.1, -0.05) is 57.1 Å². The normalized spacial score (nSPS) is 21.6. The van der Waals surface area contributed by atoms with Gasteiger partial charge in [-0.05, 0) is 30.3 Å². The Labute approximate surface area is 264 Å². The predicted molar refractivity (Wildman–Crippen MR) is 164 cm³/mol. The molecule has 2 atom stereocenters. The van der Waals surface area contributed by atoms with Crippen molar-refractivity contribution in [3.63, 3.8) is 0 Å². The zero-order valence-electron chi connectivity index (χ0n) is 25.9. The van der Waals surface area contributed by atoms with Crippen molar-refractivity contribution >= 4 is 21.4 Å². The first kappa shape index (κ1) is 31.9. The lowest BCUT2D eigenvalue weighted by Crippen LogP contribution is -2.46. The maximum atomic E-state index is 14.4. The third-order valence-electron chi connectivity index (χ3n) is 8.15. The first-order valence-electron chi connectivity index (χ1n) is 14.9. The number of carbonyl (C=O) groups is 1. The summed E-state index contributed by atoms with van der Waals surface area (Å²) in [5.74, 6) is -3.69. The van der Waals surface area contributed by atoms with E-state index in [0.717, 1.165) is 0 Å². The Morgan fingerprint density at radius 2 is 1.80 bits per heavy atom. The van der Waals surface area contributed by atoms with Crippen molar-refractivity contribution in [3.8, 4) is 22.8 Å². The average molecular weight is 656 g/mol. The number of nitrogens with two attached hydrogens (primary N) is 1. The third-order valence-corrected chi connectivity index (χ3v) is 9.96. The van der Waals surface area contributed by atoms with Gasteiger partial charge in [0.05, 0.1) is 41.4 Å². The number of hydrogen-bond donors (Lipinski definition) is 1. The number of likely N-dealkylation sites (tertiary alicyclic amines) is 1. The zero-order valence-corrected chi connectivity index (χ0v) is 26.7. The monoisotopic (exact) mass is 655 g/mol. The minimum Gasteiger partial charge on any atom is -0.420 e. The Hall–Kier alpha value is -4.08. The summed E-state index contributed by atoms with van der Waals surface area (Å²) in [6, 6.07) is 10.2. The SMILES string of the molecule is CCN1CC(c2nnc(-c3ccc4c(c3)N(Cc3ccc(-c5noc(C(C)(C)C)n5)cc3)C(=O)[C@@H](N)CS4(=O)=O)o2)CC(F)(F)C1. The first-order valence-corrected chi connectivity index (χ1v) is 16.6. The molecule has 2 N–H and O–H groups in total. The molecule has 244 valence electrons. The molecule has 4 aromatic rings. The van der Waals surface area contributed by atoms with Crippen LogP contribution in [0.25, 0.3) is 22.8 Å². The van der Waals surface area contributed by atoms with Crippen molar-refractivity contribution < 1.29 is 30.9 Å².